The maximum Gasteiger partial charge on any atom is 0.186 e. The number of hydrogen-bond donors (Lipinski definition) is 0. The van der Waals surface area contributed by atoms with Gasteiger partial charge in [0.2, 0.25) is 0 Å². The highest BCUT2D eigenvalue weighted by molar-refractivity contribution is 7.22. The summed E-state index contributed by atoms with van der Waals surface area (Å²) >= 11 is 1.78. The fourth-order valence-corrected chi connectivity index (χ4v) is 4.73. The van der Waals surface area contributed by atoms with Gasteiger partial charge in [-0.25, -0.2) is 9.97 Å². The van der Waals surface area contributed by atoms with Gasteiger partial charge in [-0.05, 0) is 18.2 Å². The molecule has 0 saturated carbocycles. The predicted octanol–water partition coefficient (Wildman–Crippen LogP) is 2.66. The van der Waals surface area contributed by atoms with E-state index in [-0.39, 0.29) is 0 Å². The maximum atomic E-state index is 4.76. The lowest BCUT2D eigenvalue weighted by Crippen LogP contribution is -2.29. The molecule has 0 bridgehead atoms. The molecule has 5 nitrogen and oxygen atoms in total. The fraction of sp³-hybridized carbons (Fsp3) is 0.353. The summed E-state index contributed by atoms with van der Waals surface area (Å²) < 4.78 is 1.22. The van der Waals surface area contributed by atoms with Crippen LogP contribution in [0.25, 0.3) is 10.2 Å². The van der Waals surface area contributed by atoms with Crippen molar-refractivity contribution in [1.82, 2.24) is 15.0 Å². The lowest BCUT2D eigenvalue weighted by Gasteiger charge is -2.21. The number of hydrogen-bond acceptors (Lipinski definition) is 6. The summed E-state index contributed by atoms with van der Waals surface area (Å²) in [5, 5.41) is 1.15. The van der Waals surface area contributed by atoms with Crippen LogP contribution in [-0.2, 0) is 0 Å². The van der Waals surface area contributed by atoms with E-state index in [0.29, 0.717) is 11.8 Å². The van der Waals surface area contributed by atoms with E-state index in [4.69, 9.17) is 4.98 Å². The smallest absolute Gasteiger partial charge is 0.186 e. The number of anilines is 2. The average Bonchev–Trinajstić information content (AvgIpc) is 3.27. The molecule has 0 amide bonds. The predicted molar refractivity (Wildman–Crippen MR) is 93.1 cm³/mol. The molecule has 116 valence electrons. The first kappa shape index (κ1) is 13.2. The second-order valence-electron chi connectivity index (χ2n) is 6.36. The molecule has 23 heavy (non-hydrogen) atoms. The Morgan fingerprint density at radius 2 is 1.78 bits per heavy atom. The lowest BCUT2D eigenvalue weighted by atomic mass is 10.0. The Morgan fingerprint density at radius 3 is 2.52 bits per heavy atom. The lowest BCUT2D eigenvalue weighted by molar-refractivity contribution is 0.533. The van der Waals surface area contributed by atoms with Crippen LogP contribution in [0.15, 0.2) is 42.9 Å². The summed E-state index contributed by atoms with van der Waals surface area (Å²) in [5.41, 5.74) is 1.01. The average molecular weight is 323 g/mol. The minimum Gasteiger partial charge on any atom is -0.356 e. The Hall–Kier alpha value is -2.21. The van der Waals surface area contributed by atoms with Crippen molar-refractivity contribution in [2.24, 2.45) is 11.8 Å². The highest BCUT2D eigenvalue weighted by Gasteiger charge is 2.41. The monoisotopic (exact) mass is 323 g/mol. The summed E-state index contributed by atoms with van der Waals surface area (Å²) in [4.78, 5) is 18.3. The van der Waals surface area contributed by atoms with Crippen molar-refractivity contribution < 1.29 is 0 Å². The largest absolute Gasteiger partial charge is 0.356 e. The van der Waals surface area contributed by atoms with E-state index in [1.807, 2.05) is 24.7 Å². The first-order chi connectivity index (χ1) is 11.4. The zero-order valence-electron chi connectivity index (χ0n) is 12.7. The third kappa shape index (κ3) is 2.25. The van der Waals surface area contributed by atoms with E-state index in [1.54, 1.807) is 11.3 Å². The molecule has 6 heteroatoms. The van der Waals surface area contributed by atoms with Gasteiger partial charge in [0.25, 0.3) is 0 Å². The van der Waals surface area contributed by atoms with Gasteiger partial charge in [-0.3, -0.25) is 4.98 Å². The number of rotatable bonds is 2. The second-order valence-corrected chi connectivity index (χ2v) is 7.37. The first-order valence-corrected chi connectivity index (χ1v) is 8.80. The highest BCUT2D eigenvalue weighted by Crippen LogP contribution is 2.37. The van der Waals surface area contributed by atoms with E-state index < -0.39 is 0 Å². The first-order valence-electron chi connectivity index (χ1n) is 7.98. The molecule has 0 aliphatic carbocycles. The molecule has 2 atom stereocenters. The number of thiazole rings is 1. The van der Waals surface area contributed by atoms with Gasteiger partial charge in [0.15, 0.2) is 5.13 Å². The van der Waals surface area contributed by atoms with Crippen molar-refractivity contribution in [2.75, 3.05) is 36.0 Å². The Labute approximate surface area is 138 Å². The molecule has 2 unspecified atom stereocenters. The molecule has 0 N–H and O–H groups in total. The third-order valence-electron chi connectivity index (χ3n) is 4.91. The van der Waals surface area contributed by atoms with Crippen molar-refractivity contribution in [3.8, 4) is 0 Å². The normalized spacial score (nSPS) is 23.7. The maximum absolute atomic E-state index is 4.76. The van der Waals surface area contributed by atoms with Crippen LogP contribution in [-0.4, -0.2) is 41.1 Å². The van der Waals surface area contributed by atoms with Gasteiger partial charge < -0.3 is 9.80 Å². The molecule has 2 aliphatic heterocycles. The van der Waals surface area contributed by atoms with Gasteiger partial charge in [-0.2, -0.15) is 0 Å². The second kappa shape index (κ2) is 5.16. The quantitative estimate of drug-likeness (QED) is 0.725. The van der Waals surface area contributed by atoms with Crippen molar-refractivity contribution in [2.45, 2.75) is 0 Å². The van der Waals surface area contributed by atoms with Crippen LogP contribution in [0.2, 0.25) is 0 Å². The molecule has 3 aromatic rings. The summed E-state index contributed by atoms with van der Waals surface area (Å²) in [6.07, 6.45) is 5.58. The molecule has 0 aromatic carbocycles. The molecule has 2 fully saturated rings. The molecular formula is C17H17N5S. The molecule has 5 rings (SSSR count). The van der Waals surface area contributed by atoms with E-state index >= 15 is 0 Å². The van der Waals surface area contributed by atoms with Crippen LogP contribution in [0.4, 0.5) is 10.9 Å². The van der Waals surface area contributed by atoms with E-state index in [9.17, 15) is 0 Å². The van der Waals surface area contributed by atoms with Crippen LogP contribution in [0.5, 0.6) is 0 Å². The van der Waals surface area contributed by atoms with Gasteiger partial charge >= 0.3 is 0 Å². The number of aromatic nitrogens is 3. The Balaban J connectivity index is 1.33. The van der Waals surface area contributed by atoms with Crippen LogP contribution in [0, 0.1) is 11.8 Å². The molecule has 3 aromatic heterocycles. The Bertz CT molecular complexity index is 786. The minimum absolute atomic E-state index is 0.710. The fourth-order valence-electron chi connectivity index (χ4n) is 3.78. The zero-order valence-corrected chi connectivity index (χ0v) is 13.5. The van der Waals surface area contributed by atoms with Crippen LogP contribution < -0.4 is 9.80 Å². The molecule has 0 radical (unpaired) electrons. The van der Waals surface area contributed by atoms with Crippen molar-refractivity contribution in [3.05, 3.63) is 42.9 Å². The van der Waals surface area contributed by atoms with E-state index in [2.05, 4.69) is 38.0 Å². The molecular weight excluding hydrogens is 306 g/mol. The van der Waals surface area contributed by atoms with Crippen molar-refractivity contribution >= 4 is 32.5 Å². The zero-order chi connectivity index (χ0) is 15.2. The third-order valence-corrected chi connectivity index (χ3v) is 6.01. The molecule has 0 spiro atoms. The standard InChI is InChI=1S/C17H17N5S/c1-2-5-19-16(3-1)21-8-12-10-22(11-13(12)9-21)17-20-14-7-18-6-4-15(14)23-17/h1-7,12-13H,8-11H2. The van der Waals surface area contributed by atoms with Gasteiger partial charge in [0.05, 0.1) is 10.9 Å². The molecule has 2 saturated heterocycles. The number of fused-ring (bicyclic) bond motifs is 2. The summed E-state index contributed by atoms with van der Waals surface area (Å²) in [6, 6.07) is 8.21. The summed E-state index contributed by atoms with van der Waals surface area (Å²) in [6.45, 7) is 4.40. The summed E-state index contributed by atoms with van der Waals surface area (Å²) in [5.74, 6) is 2.53. The summed E-state index contributed by atoms with van der Waals surface area (Å²) in [7, 11) is 0. The van der Waals surface area contributed by atoms with Crippen molar-refractivity contribution in [1.29, 1.82) is 0 Å². The van der Waals surface area contributed by atoms with Gasteiger partial charge in [-0.1, -0.05) is 17.4 Å². The van der Waals surface area contributed by atoms with Gasteiger partial charge in [0.1, 0.15) is 11.3 Å². The van der Waals surface area contributed by atoms with Gasteiger partial charge in [0, 0.05) is 50.4 Å². The number of pyridine rings is 2. The van der Waals surface area contributed by atoms with E-state index in [0.717, 1.165) is 42.6 Å². The topological polar surface area (TPSA) is 45.2 Å². The minimum atomic E-state index is 0.710. The van der Waals surface area contributed by atoms with E-state index in [1.165, 1.54) is 4.70 Å². The molecule has 2 aliphatic rings. The SMILES string of the molecule is c1ccc(N2CC3CN(c4nc5cnccc5s4)CC3C2)nc1. The van der Waals surface area contributed by atoms with Crippen molar-refractivity contribution in [3.63, 3.8) is 0 Å². The van der Waals surface area contributed by atoms with Gasteiger partial charge in [-0.15, -0.1) is 0 Å². The van der Waals surface area contributed by atoms with Crippen LogP contribution in [0.1, 0.15) is 0 Å². The van der Waals surface area contributed by atoms with Crippen LogP contribution >= 0.6 is 11.3 Å². The Morgan fingerprint density at radius 1 is 0.957 bits per heavy atom. The molecule has 5 heterocycles. The number of nitrogens with zero attached hydrogens (tertiary/aromatic N) is 5. The Kier molecular flexibility index (Phi) is 2.97. The van der Waals surface area contributed by atoms with Crippen LogP contribution in [0.3, 0.4) is 0 Å². The highest BCUT2D eigenvalue weighted by atomic mass is 32.1.